The van der Waals surface area contributed by atoms with Crippen LogP contribution in [0.3, 0.4) is 0 Å². The van der Waals surface area contributed by atoms with Crippen molar-refractivity contribution in [3.05, 3.63) is 84.4 Å². The quantitative estimate of drug-likeness (QED) is 0.0580. The molecule has 0 N–H and O–H groups in total. The first-order valence-corrected chi connectivity index (χ1v) is 13.6. The van der Waals surface area contributed by atoms with Gasteiger partial charge >= 0.3 is 5.97 Å². The molecule has 0 saturated carbocycles. The van der Waals surface area contributed by atoms with Crippen molar-refractivity contribution in [3.63, 3.8) is 0 Å². The van der Waals surface area contributed by atoms with E-state index in [0.717, 1.165) is 61.0 Å². The standard InChI is InChI=1S/C35H28NO4/c1-35(2,3)40-30(37)17-6-4-5-10-22-18-20-23(21-19-22)36-24-11-7-13-26-31(24)34-32-25(36)12-8-14-27(32)39-29-16-9-15-28(38-26)33(29)34/h7-9,11-16,18-21H,4,6,17H2,1-3H3/q+1. The zero-order valence-electron chi connectivity index (χ0n) is 22.7. The predicted octanol–water partition coefficient (Wildman–Crippen LogP) is 8.17. The summed E-state index contributed by atoms with van der Waals surface area (Å²) in [6.45, 7) is 5.64. The molecule has 40 heavy (non-hydrogen) atoms. The zero-order valence-corrected chi connectivity index (χ0v) is 22.7. The number of rotatable bonds is 4. The van der Waals surface area contributed by atoms with Crippen molar-refractivity contribution in [3.8, 4) is 28.7 Å². The van der Waals surface area contributed by atoms with Gasteiger partial charge in [0.05, 0.1) is 16.3 Å². The van der Waals surface area contributed by atoms with Gasteiger partial charge in [0, 0.05) is 48.2 Å². The highest BCUT2D eigenvalue weighted by molar-refractivity contribution is 6.22. The van der Waals surface area contributed by atoms with Gasteiger partial charge in [-0.1, -0.05) is 30.0 Å². The Labute approximate surface area is 231 Å². The van der Waals surface area contributed by atoms with E-state index in [0.29, 0.717) is 19.3 Å². The highest BCUT2D eigenvalue weighted by Gasteiger charge is 2.31. The van der Waals surface area contributed by atoms with Gasteiger partial charge < -0.3 is 13.6 Å². The second-order valence-corrected chi connectivity index (χ2v) is 11.1. The number of benzene rings is 4. The zero-order chi connectivity index (χ0) is 27.4. The summed E-state index contributed by atoms with van der Waals surface area (Å²) in [4.78, 5) is 11.9. The highest BCUT2D eigenvalue weighted by Crippen LogP contribution is 2.47. The number of carbonyl (C=O) groups is 1. The van der Waals surface area contributed by atoms with Crippen LogP contribution < -0.4 is 4.57 Å². The number of aromatic nitrogens is 1. The van der Waals surface area contributed by atoms with Crippen molar-refractivity contribution in [2.45, 2.75) is 45.6 Å². The number of hydrogen-bond acceptors (Lipinski definition) is 4. The molecule has 0 bridgehead atoms. The number of unbranched alkanes of at least 4 members (excludes halogenated alkanes) is 1. The van der Waals surface area contributed by atoms with Crippen LogP contribution in [-0.4, -0.2) is 11.6 Å². The molecule has 0 saturated heterocycles. The molecular weight excluding hydrogens is 498 g/mol. The number of ether oxygens (including phenoxy) is 1. The summed E-state index contributed by atoms with van der Waals surface area (Å²) in [7, 11) is 0. The lowest BCUT2D eigenvalue weighted by molar-refractivity contribution is -0.537. The van der Waals surface area contributed by atoms with Crippen molar-refractivity contribution in [2.24, 2.45) is 0 Å². The maximum Gasteiger partial charge on any atom is 0.306 e. The van der Waals surface area contributed by atoms with E-state index in [4.69, 9.17) is 13.6 Å². The van der Waals surface area contributed by atoms with Gasteiger partial charge in [-0.15, -0.1) is 0 Å². The van der Waals surface area contributed by atoms with E-state index in [-0.39, 0.29) is 5.97 Å². The van der Waals surface area contributed by atoms with Crippen LogP contribution in [-0.2, 0) is 9.53 Å². The minimum Gasteiger partial charge on any atom is -0.460 e. The molecule has 2 aliphatic rings. The van der Waals surface area contributed by atoms with Crippen molar-refractivity contribution < 1.29 is 22.9 Å². The molecule has 0 amide bonds. The van der Waals surface area contributed by atoms with Gasteiger partial charge in [0.2, 0.25) is 16.7 Å². The van der Waals surface area contributed by atoms with Gasteiger partial charge in [-0.3, -0.25) is 4.79 Å². The first kappa shape index (κ1) is 24.2. The van der Waals surface area contributed by atoms with Crippen LogP contribution in [0.15, 0.2) is 87.7 Å². The van der Waals surface area contributed by atoms with E-state index in [9.17, 15) is 4.79 Å². The second kappa shape index (κ2) is 9.14. The molecule has 3 heterocycles. The fraction of sp³-hybridized carbons (Fsp3) is 0.200. The molecule has 0 aliphatic carbocycles. The van der Waals surface area contributed by atoms with Crippen molar-refractivity contribution in [1.82, 2.24) is 0 Å². The SMILES string of the molecule is CC(C)(C)OC(=O)CCCC#Cc1ccc(-[n+]2c3cccc4oc5cccc6oc7cccc2c7c(c43)-c56)cc1. The lowest BCUT2D eigenvalue weighted by atomic mass is 9.92. The lowest BCUT2D eigenvalue weighted by Gasteiger charge is -2.19. The third kappa shape index (κ3) is 4.04. The summed E-state index contributed by atoms with van der Waals surface area (Å²) < 4.78 is 20.4. The number of hydrogen-bond donors (Lipinski definition) is 0. The first-order chi connectivity index (χ1) is 19.4. The molecule has 5 aromatic rings. The fourth-order valence-electron chi connectivity index (χ4n) is 5.60. The molecule has 5 heteroatoms. The van der Waals surface area contributed by atoms with Crippen molar-refractivity contribution >= 4 is 50.1 Å². The molecule has 0 atom stereocenters. The van der Waals surface area contributed by atoms with Gasteiger partial charge in [-0.25, -0.2) is 0 Å². The molecule has 0 unspecified atom stereocenters. The summed E-state index contributed by atoms with van der Waals surface area (Å²) in [5, 5.41) is 2.17. The van der Waals surface area contributed by atoms with Crippen molar-refractivity contribution in [1.29, 1.82) is 0 Å². The van der Waals surface area contributed by atoms with Crippen LogP contribution in [0, 0.1) is 11.8 Å². The Morgan fingerprint density at radius 3 is 1.95 bits per heavy atom. The summed E-state index contributed by atoms with van der Waals surface area (Å²) in [5.74, 6) is 6.25. The van der Waals surface area contributed by atoms with E-state index in [1.165, 1.54) is 5.56 Å². The third-order valence-corrected chi connectivity index (χ3v) is 7.13. The molecule has 4 aromatic carbocycles. The average molecular weight is 527 g/mol. The molecule has 5 nitrogen and oxygen atoms in total. The third-order valence-electron chi connectivity index (χ3n) is 7.13. The van der Waals surface area contributed by atoms with Gasteiger partial charge in [-0.2, -0.15) is 4.57 Å². The molecule has 0 spiro atoms. The second-order valence-electron chi connectivity index (χ2n) is 11.1. The molecule has 1 aromatic heterocycles. The molecule has 7 rings (SSSR count). The molecular formula is C35H28NO4+. The van der Waals surface area contributed by atoms with Crippen LogP contribution in [0.1, 0.15) is 45.6 Å². The van der Waals surface area contributed by atoms with E-state index in [1.807, 2.05) is 75.4 Å². The maximum absolute atomic E-state index is 11.9. The topological polar surface area (TPSA) is 56.5 Å². The minimum absolute atomic E-state index is 0.178. The Morgan fingerprint density at radius 1 is 0.775 bits per heavy atom. The number of esters is 1. The van der Waals surface area contributed by atoms with Gasteiger partial charge in [-0.05, 0) is 63.6 Å². The van der Waals surface area contributed by atoms with Gasteiger partial charge in [0.1, 0.15) is 27.9 Å². The van der Waals surface area contributed by atoms with E-state index >= 15 is 0 Å². The molecule has 0 radical (unpaired) electrons. The highest BCUT2D eigenvalue weighted by atomic mass is 16.6. The van der Waals surface area contributed by atoms with Crippen LogP contribution >= 0.6 is 0 Å². The van der Waals surface area contributed by atoms with Crippen LogP contribution in [0.5, 0.6) is 0 Å². The van der Waals surface area contributed by atoms with E-state index in [2.05, 4.69) is 40.7 Å². The summed E-state index contributed by atoms with van der Waals surface area (Å²) >= 11 is 0. The normalized spacial score (nSPS) is 12.1. The Bertz CT molecular complexity index is 1960. The predicted molar refractivity (Wildman–Crippen MR) is 157 cm³/mol. The summed E-state index contributed by atoms with van der Waals surface area (Å²) in [6.07, 6.45) is 1.70. The lowest BCUT2D eigenvalue weighted by Crippen LogP contribution is -2.33. The maximum atomic E-state index is 11.9. The molecule has 2 aliphatic heterocycles. The monoisotopic (exact) mass is 526 g/mol. The Kier molecular flexibility index (Phi) is 5.54. The van der Waals surface area contributed by atoms with Crippen LogP contribution in [0.2, 0.25) is 0 Å². The van der Waals surface area contributed by atoms with Gasteiger partial charge in [0.15, 0.2) is 0 Å². The Hall–Kier alpha value is -4.82. The molecule has 196 valence electrons. The average Bonchev–Trinajstić information content (AvgIpc) is 2.93. The van der Waals surface area contributed by atoms with Crippen LogP contribution in [0.4, 0.5) is 0 Å². The van der Waals surface area contributed by atoms with Crippen molar-refractivity contribution in [2.75, 3.05) is 0 Å². The molecule has 0 fully saturated rings. The van der Waals surface area contributed by atoms with Gasteiger partial charge in [0.25, 0.3) is 0 Å². The fourth-order valence-corrected chi connectivity index (χ4v) is 5.60. The smallest absolute Gasteiger partial charge is 0.306 e. The first-order valence-electron chi connectivity index (χ1n) is 13.6. The number of carbonyl (C=O) groups excluding carboxylic acids is 1. The Balaban J connectivity index is 1.27. The van der Waals surface area contributed by atoms with E-state index < -0.39 is 5.60 Å². The van der Waals surface area contributed by atoms with E-state index in [1.54, 1.807) is 0 Å². The summed E-state index contributed by atoms with van der Waals surface area (Å²) in [5.41, 5.74) is 9.16. The number of nitrogens with zero attached hydrogens (tertiary/aromatic N) is 1. The minimum atomic E-state index is -0.454. The summed E-state index contributed by atoms with van der Waals surface area (Å²) in [6, 6.07) is 26.7. The van der Waals surface area contributed by atoms with Crippen LogP contribution in [0.25, 0.3) is 61.0 Å². The number of pyridine rings is 1. The Morgan fingerprint density at radius 2 is 1.35 bits per heavy atom. The largest absolute Gasteiger partial charge is 0.460 e.